The van der Waals surface area contributed by atoms with E-state index >= 15 is 0 Å². The molecule has 0 aliphatic rings. The van der Waals surface area contributed by atoms with Gasteiger partial charge in [0.2, 0.25) is 0 Å². The van der Waals surface area contributed by atoms with Gasteiger partial charge in [-0.15, -0.1) is 0 Å². The second-order valence-corrected chi connectivity index (χ2v) is 4.70. The molecule has 1 heterocycles. The predicted octanol–water partition coefficient (Wildman–Crippen LogP) is 2.76. The molecule has 0 fully saturated rings. The summed E-state index contributed by atoms with van der Waals surface area (Å²) in [5.74, 6) is -0.140. The van der Waals surface area contributed by atoms with Crippen LogP contribution < -0.4 is 0 Å². The molecule has 0 bridgehead atoms. The summed E-state index contributed by atoms with van der Waals surface area (Å²) in [6, 6.07) is 8.82. The number of hydrogen-bond acceptors (Lipinski definition) is 3. The van der Waals surface area contributed by atoms with Gasteiger partial charge in [0.05, 0.1) is 5.56 Å². The molecule has 0 aliphatic heterocycles. The molecule has 20 heavy (non-hydrogen) atoms. The fourth-order valence-electron chi connectivity index (χ4n) is 2.03. The Morgan fingerprint density at radius 2 is 1.95 bits per heavy atom. The maximum atomic E-state index is 12.5. The summed E-state index contributed by atoms with van der Waals surface area (Å²) in [7, 11) is 0. The summed E-state index contributed by atoms with van der Waals surface area (Å²) in [6.07, 6.45) is 3.41. The van der Waals surface area contributed by atoms with Crippen LogP contribution in [-0.2, 0) is 6.54 Å². The van der Waals surface area contributed by atoms with E-state index in [1.807, 2.05) is 26.0 Å². The van der Waals surface area contributed by atoms with Crippen molar-refractivity contribution in [3.8, 4) is 5.75 Å². The molecule has 0 saturated heterocycles. The van der Waals surface area contributed by atoms with Crippen LogP contribution in [0.3, 0.4) is 0 Å². The number of hydrogen-bond donors (Lipinski definition) is 1. The third-order valence-electron chi connectivity index (χ3n) is 3.17. The van der Waals surface area contributed by atoms with Gasteiger partial charge < -0.3 is 10.0 Å². The minimum absolute atomic E-state index is 0.0220. The van der Waals surface area contributed by atoms with Crippen LogP contribution in [0.15, 0.2) is 42.7 Å². The van der Waals surface area contributed by atoms with E-state index < -0.39 is 0 Å². The van der Waals surface area contributed by atoms with E-state index in [-0.39, 0.29) is 11.7 Å². The fourth-order valence-corrected chi connectivity index (χ4v) is 2.03. The topological polar surface area (TPSA) is 53.4 Å². The van der Waals surface area contributed by atoms with Crippen molar-refractivity contribution in [2.75, 3.05) is 6.54 Å². The molecule has 1 aromatic heterocycles. The highest BCUT2D eigenvalue weighted by Crippen LogP contribution is 2.21. The standard InChI is InChI=1S/C16H18N2O2/c1-3-18(11-13-6-8-17-9-7-13)16(20)14-10-12(2)4-5-15(14)19/h4-10,19H,3,11H2,1-2H3. The fraction of sp³-hybridized carbons (Fsp3) is 0.250. The van der Waals surface area contributed by atoms with Crippen LogP contribution >= 0.6 is 0 Å². The Kier molecular flexibility index (Phi) is 4.35. The Labute approximate surface area is 118 Å². The van der Waals surface area contributed by atoms with Crippen LogP contribution in [0.25, 0.3) is 0 Å². The molecule has 0 atom stereocenters. The van der Waals surface area contributed by atoms with Crippen molar-refractivity contribution in [1.29, 1.82) is 0 Å². The lowest BCUT2D eigenvalue weighted by molar-refractivity contribution is 0.0749. The number of carbonyl (C=O) groups is 1. The van der Waals surface area contributed by atoms with Crippen molar-refractivity contribution < 1.29 is 9.90 Å². The lowest BCUT2D eigenvalue weighted by atomic mass is 10.1. The first kappa shape index (κ1) is 14.1. The summed E-state index contributed by atoms with van der Waals surface area (Å²) in [5.41, 5.74) is 2.31. The van der Waals surface area contributed by atoms with Gasteiger partial charge in [-0.05, 0) is 43.7 Å². The van der Waals surface area contributed by atoms with Gasteiger partial charge in [-0.25, -0.2) is 0 Å². The van der Waals surface area contributed by atoms with E-state index in [1.54, 1.807) is 35.5 Å². The molecule has 0 aliphatic carbocycles. The third-order valence-corrected chi connectivity index (χ3v) is 3.17. The highest BCUT2D eigenvalue weighted by Gasteiger charge is 2.18. The smallest absolute Gasteiger partial charge is 0.257 e. The average Bonchev–Trinajstić information content (AvgIpc) is 2.47. The summed E-state index contributed by atoms with van der Waals surface area (Å²) >= 11 is 0. The van der Waals surface area contributed by atoms with E-state index in [9.17, 15) is 9.90 Å². The lowest BCUT2D eigenvalue weighted by Crippen LogP contribution is -2.30. The van der Waals surface area contributed by atoms with Gasteiger partial charge in [-0.3, -0.25) is 9.78 Å². The van der Waals surface area contributed by atoms with Crippen LogP contribution in [0.2, 0.25) is 0 Å². The third kappa shape index (κ3) is 3.15. The molecule has 2 aromatic rings. The van der Waals surface area contributed by atoms with Crippen molar-refractivity contribution in [2.45, 2.75) is 20.4 Å². The molecule has 0 radical (unpaired) electrons. The van der Waals surface area contributed by atoms with Crippen molar-refractivity contribution in [3.05, 3.63) is 59.4 Å². The first-order valence-electron chi connectivity index (χ1n) is 6.59. The molecule has 2 rings (SSSR count). The van der Waals surface area contributed by atoms with Crippen molar-refractivity contribution in [2.24, 2.45) is 0 Å². The first-order chi connectivity index (χ1) is 9.61. The van der Waals surface area contributed by atoms with Crippen molar-refractivity contribution in [1.82, 2.24) is 9.88 Å². The van der Waals surface area contributed by atoms with Crippen LogP contribution in [-0.4, -0.2) is 27.4 Å². The lowest BCUT2D eigenvalue weighted by Gasteiger charge is -2.21. The van der Waals surface area contributed by atoms with Gasteiger partial charge >= 0.3 is 0 Å². The Balaban J connectivity index is 2.23. The number of nitrogens with zero attached hydrogens (tertiary/aromatic N) is 2. The molecule has 4 nitrogen and oxygen atoms in total. The van der Waals surface area contributed by atoms with E-state index in [1.165, 1.54) is 0 Å². The zero-order chi connectivity index (χ0) is 14.5. The zero-order valence-corrected chi connectivity index (χ0v) is 11.7. The SMILES string of the molecule is CCN(Cc1ccncc1)C(=O)c1cc(C)ccc1O. The predicted molar refractivity (Wildman–Crippen MR) is 77.5 cm³/mol. The van der Waals surface area contributed by atoms with E-state index in [0.717, 1.165) is 11.1 Å². The maximum Gasteiger partial charge on any atom is 0.257 e. The van der Waals surface area contributed by atoms with Gasteiger partial charge in [0.25, 0.3) is 5.91 Å². The summed E-state index contributed by atoms with van der Waals surface area (Å²) in [5, 5.41) is 9.86. The molecule has 0 spiro atoms. The minimum atomic E-state index is -0.162. The van der Waals surface area contributed by atoms with E-state index in [0.29, 0.717) is 18.7 Å². The van der Waals surface area contributed by atoms with E-state index in [4.69, 9.17) is 0 Å². The number of pyridine rings is 1. The Morgan fingerprint density at radius 1 is 1.25 bits per heavy atom. The molecule has 0 unspecified atom stereocenters. The first-order valence-corrected chi connectivity index (χ1v) is 6.59. The summed E-state index contributed by atoms with van der Waals surface area (Å²) in [6.45, 7) is 4.90. The largest absolute Gasteiger partial charge is 0.507 e. The number of amides is 1. The number of rotatable bonds is 4. The number of phenolic OH excluding ortho intramolecular Hbond substituents is 1. The highest BCUT2D eigenvalue weighted by molar-refractivity contribution is 5.97. The van der Waals surface area contributed by atoms with Gasteiger partial charge in [0.15, 0.2) is 0 Å². The van der Waals surface area contributed by atoms with Gasteiger partial charge in [0, 0.05) is 25.5 Å². The second kappa shape index (κ2) is 6.19. The molecule has 1 amide bonds. The van der Waals surface area contributed by atoms with Crippen LogP contribution in [0.4, 0.5) is 0 Å². The molecule has 1 N–H and O–H groups in total. The minimum Gasteiger partial charge on any atom is -0.507 e. The second-order valence-electron chi connectivity index (χ2n) is 4.70. The zero-order valence-electron chi connectivity index (χ0n) is 11.7. The normalized spacial score (nSPS) is 10.3. The molecule has 4 heteroatoms. The number of aryl methyl sites for hydroxylation is 1. The highest BCUT2D eigenvalue weighted by atomic mass is 16.3. The number of aromatic nitrogens is 1. The quantitative estimate of drug-likeness (QED) is 0.929. The maximum absolute atomic E-state index is 12.5. The van der Waals surface area contributed by atoms with Crippen molar-refractivity contribution in [3.63, 3.8) is 0 Å². The van der Waals surface area contributed by atoms with Gasteiger partial charge in [-0.1, -0.05) is 11.6 Å². The summed E-state index contributed by atoms with van der Waals surface area (Å²) < 4.78 is 0. The average molecular weight is 270 g/mol. The Bertz CT molecular complexity index is 597. The molecule has 0 saturated carbocycles. The van der Waals surface area contributed by atoms with E-state index in [2.05, 4.69) is 4.98 Å². The number of carbonyl (C=O) groups excluding carboxylic acids is 1. The molecule has 1 aromatic carbocycles. The van der Waals surface area contributed by atoms with Gasteiger partial charge in [-0.2, -0.15) is 0 Å². The number of aromatic hydroxyl groups is 1. The van der Waals surface area contributed by atoms with Crippen molar-refractivity contribution >= 4 is 5.91 Å². The van der Waals surface area contributed by atoms with Crippen LogP contribution in [0, 0.1) is 6.92 Å². The monoisotopic (exact) mass is 270 g/mol. The Hall–Kier alpha value is -2.36. The van der Waals surface area contributed by atoms with Crippen LogP contribution in [0.5, 0.6) is 5.75 Å². The van der Waals surface area contributed by atoms with Gasteiger partial charge in [0.1, 0.15) is 5.75 Å². The number of phenols is 1. The van der Waals surface area contributed by atoms with Crippen LogP contribution in [0.1, 0.15) is 28.4 Å². The molecular weight excluding hydrogens is 252 g/mol. The molecular formula is C16H18N2O2. The molecule has 104 valence electrons. The number of benzene rings is 1. The Morgan fingerprint density at radius 3 is 2.60 bits per heavy atom. The summed E-state index contributed by atoms with van der Waals surface area (Å²) in [4.78, 5) is 18.2.